The molecule has 0 unspecified atom stereocenters. The minimum Gasteiger partial charge on any atom is -0.504 e. The molecule has 1 heterocycles. The van der Waals surface area contributed by atoms with Gasteiger partial charge < -0.3 is 30.9 Å². The lowest BCUT2D eigenvalue weighted by atomic mass is 9.75. The standard InChI is InChI=1S/C19H25BN4O4.C6H6O2/c1-13(2)10-17(20(27)28)24-18(25)15(11-14-6-4-3-5-7-14)23-19(26)16-12-21-8-9-22-16;7-5-3-1-2-4-6(5)8/h3-9,12-13,15,17,27-28H,10-11H2,1-2H3,(H,23,26)(H,24,25);1-4,7-8H/t15-,17-;/m0./s1. The molecule has 6 N–H and O–H groups in total. The summed E-state index contributed by atoms with van der Waals surface area (Å²) in [6.45, 7) is 3.83. The SMILES string of the molecule is CC(C)C[C@H](NC(=O)[C@H](Cc1ccccc1)NC(=O)c1cnccn1)B(O)O.Oc1ccccc1O. The van der Waals surface area contributed by atoms with E-state index in [0.29, 0.717) is 6.42 Å². The average Bonchev–Trinajstić information content (AvgIpc) is 2.86. The van der Waals surface area contributed by atoms with Crippen LogP contribution in [0.25, 0.3) is 0 Å². The summed E-state index contributed by atoms with van der Waals surface area (Å²) in [4.78, 5) is 33.1. The lowest BCUT2D eigenvalue weighted by molar-refractivity contribution is -0.123. The maximum absolute atomic E-state index is 12.8. The maximum atomic E-state index is 12.8. The van der Waals surface area contributed by atoms with E-state index in [-0.39, 0.29) is 29.5 Å². The summed E-state index contributed by atoms with van der Waals surface area (Å²) in [5.74, 6) is -1.87. The van der Waals surface area contributed by atoms with E-state index in [1.54, 1.807) is 12.1 Å². The summed E-state index contributed by atoms with van der Waals surface area (Å²) in [6.07, 6.45) is 4.78. The van der Waals surface area contributed by atoms with E-state index in [1.165, 1.54) is 30.7 Å². The van der Waals surface area contributed by atoms with Gasteiger partial charge in [0.15, 0.2) is 11.5 Å². The van der Waals surface area contributed by atoms with E-state index < -0.39 is 30.9 Å². The van der Waals surface area contributed by atoms with Crippen LogP contribution in [0.4, 0.5) is 0 Å². The summed E-state index contributed by atoms with van der Waals surface area (Å²) >= 11 is 0. The summed E-state index contributed by atoms with van der Waals surface area (Å²) in [7, 11) is -1.69. The zero-order valence-corrected chi connectivity index (χ0v) is 20.2. The highest BCUT2D eigenvalue weighted by Crippen LogP contribution is 2.21. The Hall–Kier alpha value is -3.96. The molecule has 0 spiro atoms. The smallest absolute Gasteiger partial charge is 0.475 e. The van der Waals surface area contributed by atoms with Gasteiger partial charge in [0.2, 0.25) is 5.91 Å². The van der Waals surface area contributed by atoms with Crippen molar-refractivity contribution in [2.45, 2.75) is 38.7 Å². The van der Waals surface area contributed by atoms with Gasteiger partial charge in [-0.25, -0.2) is 4.98 Å². The minimum atomic E-state index is -1.69. The van der Waals surface area contributed by atoms with Crippen LogP contribution in [0.3, 0.4) is 0 Å². The highest BCUT2D eigenvalue weighted by Gasteiger charge is 2.30. The number of hydrogen-bond acceptors (Lipinski definition) is 8. The second kappa shape index (κ2) is 14.4. The first-order valence-corrected chi connectivity index (χ1v) is 11.4. The summed E-state index contributed by atoms with van der Waals surface area (Å²) in [6, 6.07) is 14.5. The molecule has 11 heteroatoms. The Bertz CT molecular complexity index is 1070. The number of amides is 2. The van der Waals surface area contributed by atoms with Crippen LogP contribution in [-0.4, -0.2) is 61.1 Å². The van der Waals surface area contributed by atoms with Crippen molar-refractivity contribution in [2.24, 2.45) is 5.92 Å². The molecule has 190 valence electrons. The van der Waals surface area contributed by atoms with Gasteiger partial charge in [-0.2, -0.15) is 0 Å². The third kappa shape index (κ3) is 9.73. The molecule has 0 radical (unpaired) electrons. The molecule has 0 aliphatic carbocycles. The molecule has 1 aromatic heterocycles. The van der Waals surface area contributed by atoms with Gasteiger partial charge in [0.05, 0.1) is 12.1 Å². The van der Waals surface area contributed by atoms with Crippen molar-refractivity contribution in [3.05, 3.63) is 84.4 Å². The zero-order chi connectivity index (χ0) is 26.5. The molecule has 2 amide bonds. The first kappa shape index (κ1) is 28.3. The van der Waals surface area contributed by atoms with Crippen LogP contribution in [0, 0.1) is 5.92 Å². The molecule has 0 aliphatic heterocycles. The van der Waals surface area contributed by atoms with Crippen LogP contribution in [-0.2, 0) is 11.2 Å². The first-order valence-electron chi connectivity index (χ1n) is 11.4. The monoisotopic (exact) mass is 494 g/mol. The molecule has 3 rings (SSSR count). The summed E-state index contributed by atoms with van der Waals surface area (Å²) in [5, 5.41) is 41.8. The first-order chi connectivity index (χ1) is 17.2. The maximum Gasteiger partial charge on any atom is 0.475 e. The van der Waals surface area contributed by atoms with Gasteiger partial charge >= 0.3 is 7.12 Å². The van der Waals surface area contributed by atoms with Crippen LogP contribution in [0.2, 0.25) is 0 Å². The number of nitrogens with zero attached hydrogens (tertiary/aromatic N) is 2. The number of phenolic OH excluding ortho intramolecular Hbond substituents is 2. The second-order valence-electron chi connectivity index (χ2n) is 8.45. The molecule has 0 saturated heterocycles. The van der Waals surface area contributed by atoms with Gasteiger partial charge in [-0.15, -0.1) is 0 Å². The zero-order valence-electron chi connectivity index (χ0n) is 20.2. The van der Waals surface area contributed by atoms with Crippen LogP contribution in [0.1, 0.15) is 36.3 Å². The van der Waals surface area contributed by atoms with Gasteiger partial charge in [-0.3, -0.25) is 14.6 Å². The Balaban J connectivity index is 0.000000482. The van der Waals surface area contributed by atoms with Crippen molar-refractivity contribution >= 4 is 18.9 Å². The Morgan fingerprint density at radius 1 is 0.917 bits per heavy atom. The number of phenols is 2. The molecular weight excluding hydrogens is 463 g/mol. The molecule has 2 atom stereocenters. The largest absolute Gasteiger partial charge is 0.504 e. The molecule has 2 aromatic carbocycles. The molecule has 0 aliphatic rings. The minimum absolute atomic E-state index is 0.0764. The van der Waals surface area contributed by atoms with E-state index in [2.05, 4.69) is 20.6 Å². The van der Waals surface area contributed by atoms with Crippen LogP contribution in [0.15, 0.2) is 73.2 Å². The van der Waals surface area contributed by atoms with Crippen molar-refractivity contribution in [2.75, 3.05) is 0 Å². The van der Waals surface area contributed by atoms with Crippen LogP contribution in [0.5, 0.6) is 11.5 Å². The van der Waals surface area contributed by atoms with E-state index in [0.717, 1.165) is 5.56 Å². The number of rotatable bonds is 9. The predicted octanol–water partition coefficient (Wildman–Crippen LogP) is 1.46. The average molecular weight is 494 g/mol. The van der Waals surface area contributed by atoms with Crippen molar-refractivity contribution in [1.29, 1.82) is 0 Å². The summed E-state index contributed by atoms with van der Waals surface area (Å²) < 4.78 is 0. The lowest BCUT2D eigenvalue weighted by Gasteiger charge is -2.24. The summed E-state index contributed by atoms with van der Waals surface area (Å²) in [5.41, 5.74) is 0.946. The molecule has 0 saturated carbocycles. The highest BCUT2D eigenvalue weighted by molar-refractivity contribution is 6.43. The number of hydrogen-bond donors (Lipinski definition) is 6. The number of carbonyl (C=O) groups excluding carboxylic acids is 2. The third-order valence-corrected chi connectivity index (χ3v) is 4.99. The van der Waals surface area contributed by atoms with Gasteiger partial charge in [-0.1, -0.05) is 56.3 Å². The quantitative estimate of drug-likeness (QED) is 0.192. The topological polar surface area (TPSA) is 165 Å². The van der Waals surface area contributed by atoms with E-state index >= 15 is 0 Å². The number of carbonyl (C=O) groups is 2. The fourth-order valence-electron chi connectivity index (χ4n) is 3.22. The van der Waals surface area contributed by atoms with Crippen LogP contribution >= 0.6 is 0 Å². The second-order valence-corrected chi connectivity index (χ2v) is 8.45. The van der Waals surface area contributed by atoms with E-state index in [4.69, 9.17) is 10.2 Å². The van der Waals surface area contributed by atoms with E-state index in [9.17, 15) is 19.6 Å². The van der Waals surface area contributed by atoms with Crippen molar-refractivity contribution in [3.8, 4) is 11.5 Å². The number of aromatic hydroxyl groups is 2. The lowest BCUT2D eigenvalue weighted by Crippen LogP contribution is -2.55. The normalized spacial score (nSPS) is 12.0. The molecule has 0 bridgehead atoms. The van der Waals surface area contributed by atoms with Crippen molar-refractivity contribution < 1.29 is 29.9 Å². The fourth-order valence-corrected chi connectivity index (χ4v) is 3.22. The van der Waals surface area contributed by atoms with Gasteiger partial charge in [0.1, 0.15) is 11.7 Å². The fraction of sp³-hybridized carbons (Fsp3) is 0.280. The molecule has 36 heavy (non-hydrogen) atoms. The molecule has 3 aromatic rings. The Morgan fingerprint density at radius 2 is 1.53 bits per heavy atom. The third-order valence-electron chi connectivity index (χ3n) is 4.99. The number of para-hydroxylation sites is 2. The highest BCUT2D eigenvalue weighted by atomic mass is 16.4. The molecule has 0 fully saturated rings. The molecular formula is C25H31BN4O6. The Kier molecular flexibility index (Phi) is 11.3. The molecule has 10 nitrogen and oxygen atoms in total. The Morgan fingerprint density at radius 3 is 2.03 bits per heavy atom. The van der Waals surface area contributed by atoms with Gasteiger partial charge in [-0.05, 0) is 30.0 Å². The number of aromatic nitrogens is 2. The van der Waals surface area contributed by atoms with Gasteiger partial charge in [0, 0.05) is 18.8 Å². The van der Waals surface area contributed by atoms with Crippen molar-refractivity contribution in [3.63, 3.8) is 0 Å². The number of benzene rings is 2. The van der Waals surface area contributed by atoms with Crippen LogP contribution < -0.4 is 10.6 Å². The van der Waals surface area contributed by atoms with E-state index in [1.807, 2.05) is 44.2 Å². The predicted molar refractivity (Wildman–Crippen MR) is 135 cm³/mol. The van der Waals surface area contributed by atoms with Gasteiger partial charge in [0.25, 0.3) is 5.91 Å². The van der Waals surface area contributed by atoms with Crippen molar-refractivity contribution in [1.82, 2.24) is 20.6 Å². The number of nitrogens with one attached hydrogen (secondary N) is 2. The Labute approximate surface area is 210 Å².